The molecule has 0 aliphatic heterocycles. The Morgan fingerprint density at radius 3 is 2.74 bits per heavy atom. The van der Waals surface area contributed by atoms with Gasteiger partial charge in [0.1, 0.15) is 11.7 Å². The zero-order valence-electron chi connectivity index (χ0n) is 11.1. The van der Waals surface area contributed by atoms with E-state index in [1.807, 2.05) is 0 Å². The average molecular weight is 267 g/mol. The molecular weight excluding hydrogens is 250 g/mol. The lowest BCUT2D eigenvalue weighted by molar-refractivity contribution is -0.384. The first-order valence-electron chi connectivity index (χ1n) is 6.15. The van der Waals surface area contributed by atoms with Gasteiger partial charge in [0.05, 0.1) is 4.92 Å². The van der Waals surface area contributed by atoms with Gasteiger partial charge < -0.3 is 10.6 Å². The highest BCUT2D eigenvalue weighted by Crippen LogP contribution is 2.28. The number of carbonyl (C=O) groups excluding carboxylic acids is 1. The molecule has 2 N–H and O–H groups in total. The number of aromatic nitrogens is 2. The Labute approximate surface area is 110 Å². The summed E-state index contributed by atoms with van der Waals surface area (Å²) in [4.78, 5) is 22.3. The van der Waals surface area contributed by atoms with Crippen molar-refractivity contribution >= 4 is 17.4 Å². The number of nitrogens with one attached hydrogen (secondary N) is 2. The van der Waals surface area contributed by atoms with Gasteiger partial charge in [0.15, 0.2) is 0 Å². The quantitative estimate of drug-likeness (QED) is 0.604. The maximum Gasteiger partial charge on any atom is 0.333 e. The molecular formula is C11H17N5O3. The summed E-state index contributed by atoms with van der Waals surface area (Å²) in [5, 5.41) is 20.7. The summed E-state index contributed by atoms with van der Waals surface area (Å²) in [5.41, 5.74) is 0.235. The molecule has 8 heteroatoms. The molecule has 1 heterocycles. The first-order chi connectivity index (χ1) is 8.90. The molecule has 1 aliphatic rings. The second kappa shape index (κ2) is 4.87. The third-order valence-corrected chi connectivity index (χ3v) is 3.04. The fourth-order valence-electron chi connectivity index (χ4n) is 1.85. The van der Waals surface area contributed by atoms with Crippen LogP contribution in [0.4, 0.5) is 11.5 Å². The molecule has 1 aliphatic carbocycles. The molecule has 2 rings (SSSR count). The van der Waals surface area contributed by atoms with E-state index >= 15 is 0 Å². The molecule has 0 bridgehead atoms. The summed E-state index contributed by atoms with van der Waals surface area (Å²) in [6.07, 6.45) is 2.01. The predicted molar refractivity (Wildman–Crippen MR) is 68.8 cm³/mol. The van der Waals surface area contributed by atoms with Crippen LogP contribution in [0.1, 0.15) is 25.5 Å². The predicted octanol–water partition coefficient (Wildman–Crippen LogP) is 0.716. The normalized spacial score (nSPS) is 15.9. The molecule has 1 fully saturated rings. The third kappa shape index (κ3) is 2.83. The summed E-state index contributed by atoms with van der Waals surface area (Å²) >= 11 is 0. The maximum absolute atomic E-state index is 11.8. The van der Waals surface area contributed by atoms with Crippen molar-refractivity contribution in [2.75, 3.05) is 5.32 Å². The van der Waals surface area contributed by atoms with E-state index in [-0.39, 0.29) is 23.5 Å². The number of anilines is 1. The summed E-state index contributed by atoms with van der Waals surface area (Å²) in [6.45, 7) is 3.24. The minimum absolute atomic E-state index is 0.0893. The number of nitrogens with zero attached hydrogens (tertiary/aromatic N) is 3. The zero-order valence-corrected chi connectivity index (χ0v) is 11.1. The minimum Gasteiger partial charge on any atom is -0.353 e. The summed E-state index contributed by atoms with van der Waals surface area (Å²) in [6, 6.07) is -0.283. The lowest BCUT2D eigenvalue weighted by atomic mass is 10.3. The Hall–Kier alpha value is -2.12. The van der Waals surface area contributed by atoms with Gasteiger partial charge in [-0.15, -0.1) is 0 Å². The molecule has 1 amide bonds. The van der Waals surface area contributed by atoms with Crippen molar-refractivity contribution in [2.45, 2.75) is 38.8 Å². The highest BCUT2D eigenvalue weighted by atomic mass is 16.6. The number of hydrogen-bond donors (Lipinski definition) is 2. The molecule has 0 spiro atoms. The van der Waals surface area contributed by atoms with E-state index in [9.17, 15) is 14.9 Å². The van der Waals surface area contributed by atoms with Crippen LogP contribution in [-0.2, 0) is 11.8 Å². The number of aryl methyl sites for hydroxylation is 2. The van der Waals surface area contributed by atoms with Crippen LogP contribution in [0.3, 0.4) is 0 Å². The molecule has 0 aromatic carbocycles. The van der Waals surface area contributed by atoms with Gasteiger partial charge >= 0.3 is 5.69 Å². The fraction of sp³-hybridized carbons (Fsp3) is 0.636. The van der Waals surface area contributed by atoms with E-state index in [1.54, 1.807) is 20.9 Å². The second-order valence-corrected chi connectivity index (χ2v) is 4.81. The van der Waals surface area contributed by atoms with Gasteiger partial charge in [0.25, 0.3) is 0 Å². The number of nitro groups is 1. The van der Waals surface area contributed by atoms with Crippen LogP contribution in [-0.4, -0.2) is 32.7 Å². The number of rotatable bonds is 5. The van der Waals surface area contributed by atoms with Gasteiger partial charge in [-0.2, -0.15) is 5.10 Å². The maximum atomic E-state index is 11.8. The van der Waals surface area contributed by atoms with Crippen molar-refractivity contribution in [3.63, 3.8) is 0 Å². The van der Waals surface area contributed by atoms with Crippen molar-refractivity contribution in [2.24, 2.45) is 7.05 Å². The van der Waals surface area contributed by atoms with E-state index in [0.29, 0.717) is 5.69 Å². The van der Waals surface area contributed by atoms with Crippen LogP contribution < -0.4 is 10.6 Å². The summed E-state index contributed by atoms with van der Waals surface area (Å²) in [5.74, 6) is 0.0941. The molecule has 0 radical (unpaired) electrons. The van der Waals surface area contributed by atoms with E-state index in [0.717, 1.165) is 12.8 Å². The minimum atomic E-state index is -0.547. The van der Waals surface area contributed by atoms with Crippen molar-refractivity contribution in [1.82, 2.24) is 15.1 Å². The van der Waals surface area contributed by atoms with Crippen LogP contribution in [0.15, 0.2) is 0 Å². The molecule has 1 atom stereocenters. The first-order valence-corrected chi connectivity index (χ1v) is 6.15. The molecule has 1 saturated carbocycles. The van der Waals surface area contributed by atoms with E-state index in [2.05, 4.69) is 15.7 Å². The van der Waals surface area contributed by atoms with Gasteiger partial charge in [-0.1, -0.05) is 0 Å². The SMILES string of the molecule is Cc1nn(C)c(NC(C)C(=O)NC2CC2)c1[N+](=O)[O-]. The molecule has 0 saturated heterocycles. The van der Waals surface area contributed by atoms with Gasteiger partial charge in [0.2, 0.25) is 11.7 Å². The highest BCUT2D eigenvalue weighted by Gasteiger charge is 2.29. The Balaban J connectivity index is 2.13. The number of hydrogen-bond acceptors (Lipinski definition) is 5. The molecule has 8 nitrogen and oxygen atoms in total. The van der Waals surface area contributed by atoms with Crippen LogP contribution in [0.5, 0.6) is 0 Å². The van der Waals surface area contributed by atoms with Crippen molar-refractivity contribution < 1.29 is 9.72 Å². The van der Waals surface area contributed by atoms with Crippen molar-refractivity contribution in [3.05, 3.63) is 15.8 Å². The molecule has 19 heavy (non-hydrogen) atoms. The topological polar surface area (TPSA) is 102 Å². The summed E-state index contributed by atoms with van der Waals surface area (Å²) in [7, 11) is 1.61. The van der Waals surface area contributed by atoms with Gasteiger partial charge in [-0.3, -0.25) is 14.9 Å². The van der Waals surface area contributed by atoms with Crippen LogP contribution in [0, 0.1) is 17.0 Å². The smallest absolute Gasteiger partial charge is 0.333 e. The van der Waals surface area contributed by atoms with Gasteiger partial charge in [0, 0.05) is 13.1 Å². The van der Waals surface area contributed by atoms with E-state index < -0.39 is 11.0 Å². The Morgan fingerprint density at radius 1 is 1.58 bits per heavy atom. The van der Waals surface area contributed by atoms with Crippen LogP contribution >= 0.6 is 0 Å². The Bertz CT molecular complexity index is 521. The lowest BCUT2D eigenvalue weighted by Crippen LogP contribution is -2.39. The van der Waals surface area contributed by atoms with Crippen LogP contribution in [0.2, 0.25) is 0 Å². The number of carbonyl (C=O) groups is 1. The monoisotopic (exact) mass is 267 g/mol. The van der Waals surface area contributed by atoms with Crippen molar-refractivity contribution in [1.29, 1.82) is 0 Å². The highest BCUT2D eigenvalue weighted by molar-refractivity contribution is 5.85. The van der Waals surface area contributed by atoms with Gasteiger partial charge in [-0.25, -0.2) is 4.68 Å². The third-order valence-electron chi connectivity index (χ3n) is 3.04. The van der Waals surface area contributed by atoms with E-state index in [4.69, 9.17) is 0 Å². The molecule has 1 unspecified atom stereocenters. The Kier molecular flexibility index (Phi) is 3.41. The molecule has 1 aromatic heterocycles. The Morgan fingerprint density at radius 2 is 2.21 bits per heavy atom. The average Bonchev–Trinajstić information content (AvgIpc) is 3.06. The van der Waals surface area contributed by atoms with Gasteiger partial charge in [-0.05, 0) is 26.7 Å². The molecule has 1 aromatic rings. The number of amides is 1. The zero-order chi connectivity index (χ0) is 14.2. The van der Waals surface area contributed by atoms with Crippen LogP contribution in [0.25, 0.3) is 0 Å². The largest absolute Gasteiger partial charge is 0.353 e. The standard InChI is InChI=1S/C11H17N5O3/c1-6-9(16(18)19)10(15(3)14-6)12-7(2)11(17)13-8-4-5-8/h7-8,12H,4-5H2,1-3H3,(H,13,17). The van der Waals surface area contributed by atoms with Crippen molar-refractivity contribution in [3.8, 4) is 0 Å². The van der Waals surface area contributed by atoms with E-state index in [1.165, 1.54) is 4.68 Å². The fourth-order valence-corrected chi connectivity index (χ4v) is 1.85. The first kappa shape index (κ1) is 13.3. The summed E-state index contributed by atoms with van der Waals surface area (Å²) < 4.78 is 1.38. The lowest BCUT2D eigenvalue weighted by Gasteiger charge is -2.14. The second-order valence-electron chi connectivity index (χ2n) is 4.81. The molecule has 104 valence electrons.